The Morgan fingerprint density at radius 1 is 0.971 bits per heavy atom. The van der Waals surface area contributed by atoms with Crippen molar-refractivity contribution in [2.45, 2.75) is 16.2 Å². The van der Waals surface area contributed by atoms with Crippen molar-refractivity contribution in [3.05, 3.63) is 82.2 Å². The van der Waals surface area contributed by atoms with Crippen molar-refractivity contribution in [1.29, 1.82) is 0 Å². The number of carbonyl (C=O) groups excluding carboxylic acids is 3. The van der Waals surface area contributed by atoms with Gasteiger partial charge in [0.1, 0.15) is 5.75 Å². The lowest BCUT2D eigenvalue weighted by atomic mass is 10.2. The molecule has 1 fully saturated rings. The van der Waals surface area contributed by atoms with Crippen LogP contribution < -0.4 is 9.64 Å². The van der Waals surface area contributed by atoms with Gasteiger partial charge in [-0.1, -0.05) is 53.7 Å². The molecule has 0 N–H and O–H groups in total. The molecule has 3 aromatic carbocycles. The normalized spacial score (nSPS) is 15.9. The van der Waals surface area contributed by atoms with Gasteiger partial charge in [-0.15, -0.1) is 0 Å². The third-order valence-electron chi connectivity index (χ3n) is 5.59. The van der Waals surface area contributed by atoms with E-state index >= 15 is 0 Å². The Labute approximate surface area is 215 Å². The van der Waals surface area contributed by atoms with E-state index in [1.54, 1.807) is 48.0 Å². The number of nitrogens with zero attached hydrogens (tertiary/aromatic N) is 2. The number of para-hydroxylation sites is 2. The highest BCUT2D eigenvalue weighted by molar-refractivity contribution is 8.18. The van der Waals surface area contributed by atoms with Gasteiger partial charge >= 0.3 is 0 Å². The molecule has 0 radical (unpaired) electrons. The summed E-state index contributed by atoms with van der Waals surface area (Å²) < 4.78 is 5.33. The van der Waals surface area contributed by atoms with Gasteiger partial charge in [0.2, 0.25) is 5.91 Å². The van der Waals surface area contributed by atoms with Crippen LogP contribution in [0.2, 0.25) is 5.02 Å². The van der Waals surface area contributed by atoms with Crippen LogP contribution in [0, 0.1) is 0 Å². The lowest BCUT2D eigenvalue weighted by molar-refractivity contribution is -0.123. The van der Waals surface area contributed by atoms with Crippen LogP contribution in [0.5, 0.6) is 5.75 Å². The molecule has 0 aliphatic carbocycles. The van der Waals surface area contributed by atoms with E-state index in [9.17, 15) is 14.4 Å². The van der Waals surface area contributed by atoms with Crippen molar-refractivity contribution in [3.8, 4) is 5.75 Å². The van der Waals surface area contributed by atoms with Gasteiger partial charge in [-0.3, -0.25) is 24.2 Å². The van der Waals surface area contributed by atoms with Crippen molar-refractivity contribution >= 4 is 69.6 Å². The molecule has 2 heterocycles. The fourth-order valence-electron chi connectivity index (χ4n) is 3.94. The number of hydrogen-bond acceptors (Lipinski definition) is 6. The highest BCUT2D eigenvalue weighted by Gasteiger charge is 2.36. The molecular weight excluding hydrogens is 504 g/mol. The molecule has 1 saturated heterocycles. The fourth-order valence-corrected chi connectivity index (χ4v) is 6.00. The van der Waals surface area contributed by atoms with Crippen LogP contribution in [0.4, 0.5) is 16.2 Å². The number of imide groups is 1. The third kappa shape index (κ3) is 4.57. The molecule has 0 bridgehead atoms. The second-order valence-electron chi connectivity index (χ2n) is 7.74. The number of carbonyl (C=O) groups is 3. The third-order valence-corrected chi connectivity index (χ3v) is 7.86. The fraction of sp³-hybridized carbons (Fsp3) is 0.115. The van der Waals surface area contributed by atoms with E-state index in [4.69, 9.17) is 16.3 Å². The Balaban J connectivity index is 1.37. The predicted octanol–water partition coefficient (Wildman–Crippen LogP) is 6.60. The highest BCUT2D eigenvalue weighted by Crippen LogP contribution is 2.49. The van der Waals surface area contributed by atoms with Gasteiger partial charge < -0.3 is 4.74 Å². The van der Waals surface area contributed by atoms with Gasteiger partial charge in [0, 0.05) is 33.3 Å². The van der Waals surface area contributed by atoms with Crippen molar-refractivity contribution in [2.75, 3.05) is 18.6 Å². The van der Waals surface area contributed by atoms with Crippen molar-refractivity contribution in [2.24, 2.45) is 0 Å². The van der Waals surface area contributed by atoms with E-state index in [-0.39, 0.29) is 18.9 Å². The molecule has 9 heteroatoms. The predicted molar refractivity (Wildman–Crippen MR) is 139 cm³/mol. The number of fused-ring (bicyclic) bond motifs is 2. The van der Waals surface area contributed by atoms with Crippen LogP contribution in [0.3, 0.4) is 0 Å². The van der Waals surface area contributed by atoms with Crippen LogP contribution in [0.25, 0.3) is 6.08 Å². The first kappa shape index (κ1) is 23.5. The highest BCUT2D eigenvalue weighted by atomic mass is 35.5. The molecule has 0 saturated carbocycles. The average Bonchev–Trinajstić information content (AvgIpc) is 3.13. The van der Waals surface area contributed by atoms with E-state index in [0.29, 0.717) is 26.9 Å². The van der Waals surface area contributed by atoms with Gasteiger partial charge in [0.05, 0.1) is 23.4 Å². The number of thioether (sulfide) groups is 1. The average molecular weight is 523 g/mol. The van der Waals surface area contributed by atoms with Crippen LogP contribution in [0.15, 0.2) is 81.4 Å². The number of halogens is 1. The molecule has 0 aromatic heterocycles. The van der Waals surface area contributed by atoms with Crippen LogP contribution in [0.1, 0.15) is 12.0 Å². The number of methoxy groups -OCH3 is 1. The Morgan fingerprint density at radius 3 is 2.54 bits per heavy atom. The molecule has 3 amide bonds. The summed E-state index contributed by atoms with van der Waals surface area (Å²) in [5.41, 5.74) is 2.14. The molecule has 2 aliphatic heterocycles. The topological polar surface area (TPSA) is 66.9 Å². The van der Waals surface area contributed by atoms with Gasteiger partial charge in [-0.2, -0.15) is 0 Å². The minimum Gasteiger partial charge on any atom is -0.496 e. The first-order chi connectivity index (χ1) is 17.0. The number of amides is 3. The van der Waals surface area contributed by atoms with Gasteiger partial charge in [0.25, 0.3) is 11.1 Å². The lowest BCUT2D eigenvalue weighted by Gasteiger charge is -2.31. The summed E-state index contributed by atoms with van der Waals surface area (Å²) >= 11 is 8.66. The molecule has 35 heavy (non-hydrogen) atoms. The monoisotopic (exact) mass is 522 g/mol. The quantitative estimate of drug-likeness (QED) is 0.351. The first-order valence-electron chi connectivity index (χ1n) is 10.7. The zero-order valence-corrected chi connectivity index (χ0v) is 21.0. The molecule has 5 rings (SSSR count). The van der Waals surface area contributed by atoms with E-state index in [1.165, 1.54) is 0 Å². The van der Waals surface area contributed by atoms with E-state index < -0.39 is 11.1 Å². The smallest absolute Gasteiger partial charge is 0.293 e. The van der Waals surface area contributed by atoms with Gasteiger partial charge in [0.15, 0.2) is 0 Å². The van der Waals surface area contributed by atoms with Crippen molar-refractivity contribution < 1.29 is 19.1 Å². The van der Waals surface area contributed by atoms with Crippen LogP contribution >= 0.6 is 35.1 Å². The Kier molecular flexibility index (Phi) is 6.60. The number of anilines is 2. The SMILES string of the molecule is COc1ccccc1/C=C1\SC(=O)N(CCC(=O)N2c3ccccc3Sc3ccc(Cl)cc32)C1=O. The number of hydrogen-bond donors (Lipinski definition) is 0. The second kappa shape index (κ2) is 9.81. The molecule has 2 aliphatic rings. The zero-order valence-electron chi connectivity index (χ0n) is 18.6. The largest absolute Gasteiger partial charge is 0.496 e. The summed E-state index contributed by atoms with van der Waals surface area (Å²) in [6, 6.07) is 20.3. The zero-order chi connectivity index (χ0) is 24.5. The lowest BCUT2D eigenvalue weighted by Crippen LogP contribution is -2.35. The summed E-state index contributed by atoms with van der Waals surface area (Å²) in [7, 11) is 1.55. The maximum absolute atomic E-state index is 13.4. The summed E-state index contributed by atoms with van der Waals surface area (Å²) in [4.78, 5) is 43.9. The summed E-state index contributed by atoms with van der Waals surface area (Å²) in [5.74, 6) is -0.0424. The van der Waals surface area contributed by atoms with Crippen LogP contribution in [-0.2, 0) is 9.59 Å². The number of rotatable bonds is 5. The van der Waals surface area contributed by atoms with E-state index in [1.807, 2.05) is 48.5 Å². The van der Waals surface area contributed by atoms with Gasteiger partial charge in [-0.05, 0) is 54.2 Å². The summed E-state index contributed by atoms with van der Waals surface area (Å²) in [5, 5.41) is 0.121. The molecule has 6 nitrogen and oxygen atoms in total. The standard InChI is InChI=1S/C26H19ClN2O4S2/c1-33-20-8-4-2-6-16(20)14-23-25(31)28(26(32)35-23)13-12-24(30)29-18-7-3-5-9-21(18)34-22-11-10-17(27)15-19(22)29/h2-11,14-15H,12-13H2,1H3/b23-14-. The minimum atomic E-state index is -0.420. The molecule has 0 unspecified atom stereocenters. The molecule has 176 valence electrons. The molecule has 0 spiro atoms. The summed E-state index contributed by atoms with van der Waals surface area (Å²) in [6.07, 6.45) is 1.62. The molecule has 0 atom stereocenters. The maximum Gasteiger partial charge on any atom is 0.293 e. The Hall–Kier alpha value is -3.20. The van der Waals surface area contributed by atoms with E-state index in [0.717, 1.165) is 32.1 Å². The molecule has 3 aromatic rings. The Morgan fingerprint density at radius 2 is 1.71 bits per heavy atom. The van der Waals surface area contributed by atoms with Gasteiger partial charge in [-0.25, -0.2) is 0 Å². The maximum atomic E-state index is 13.4. The second-order valence-corrected chi connectivity index (χ2v) is 10.2. The summed E-state index contributed by atoms with van der Waals surface area (Å²) in [6.45, 7) is -0.0194. The molecular formula is C26H19ClN2O4S2. The minimum absolute atomic E-state index is 0.0194. The number of benzene rings is 3. The van der Waals surface area contributed by atoms with Crippen molar-refractivity contribution in [1.82, 2.24) is 4.90 Å². The number of ether oxygens (including phenoxy) is 1. The first-order valence-corrected chi connectivity index (χ1v) is 12.7. The van der Waals surface area contributed by atoms with Crippen LogP contribution in [-0.4, -0.2) is 35.6 Å². The Bertz CT molecular complexity index is 1390. The van der Waals surface area contributed by atoms with E-state index in [2.05, 4.69) is 0 Å². The van der Waals surface area contributed by atoms with Crippen molar-refractivity contribution in [3.63, 3.8) is 0 Å².